The Morgan fingerprint density at radius 3 is 3.00 bits per heavy atom. The number of hydrogen-bond acceptors (Lipinski definition) is 3. The minimum atomic E-state index is -0.0166. The van der Waals surface area contributed by atoms with Crippen molar-refractivity contribution in [2.45, 2.75) is 18.9 Å². The first kappa shape index (κ1) is 12.5. The normalized spacial score (nSPS) is 14.7. The van der Waals surface area contributed by atoms with Gasteiger partial charge in [-0.2, -0.15) is 0 Å². The lowest BCUT2D eigenvalue weighted by Gasteiger charge is -2.21. The van der Waals surface area contributed by atoms with E-state index in [4.69, 9.17) is 4.74 Å². The third-order valence-corrected chi connectivity index (χ3v) is 3.39. The van der Waals surface area contributed by atoms with Crippen molar-refractivity contribution < 1.29 is 9.53 Å². The Bertz CT molecular complexity index is 407. The summed E-state index contributed by atoms with van der Waals surface area (Å²) < 4.78 is 5.78. The lowest BCUT2D eigenvalue weighted by Crippen LogP contribution is -2.36. The standard InChI is InChI=1S/C12H15BrN2O2/c1-17-8-7-15(9-4-5-9)12(16)11-10(13)3-2-6-14-11/h2-3,6,9H,4-5,7-8H2,1H3. The predicted octanol–water partition coefficient (Wildman–Crippen LogP) is 2.10. The summed E-state index contributed by atoms with van der Waals surface area (Å²) in [6.45, 7) is 1.19. The van der Waals surface area contributed by atoms with Crippen LogP contribution in [-0.2, 0) is 4.74 Å². The van der Waals surface area contributed by atoms with Crippen LogP contribution in [0.4, 0.5) is 0 Å². The fourth-order valence-corrected chi connectivity index (χ4v) is 2.13. The quantitative estimate of drug-likeness (QED) is 0.836. The molecule has 17 heavy (non-hydrogen) atoms. The molecule has 0 N–H and O–H groups in total. The minimum Gasteiger partial charge on any atom is -0.383 e. The SMILES string of the molecule is COCCN(C(=O)c1ncccc1Br)C1CC1. The first-order valence-corrected chi connectivity index (χ1v) is 6.43. The zero-order valence-electron chi connectivity index (χ0n) is 9.73. The molecule has 1 aromatic heterocycles. The smallest absolute Gasteiger partial charge is 0.273 e. The van der Waals surface area contributed by atoms with E-state index in [9.17, 15) is 4.79 Å². The van der Waals surface area contributed by atoms with Crippen molar-refractivity contribution in [1.29, 1.82) is 0 Å². The van der Waals surface area contributed by atoms with Crippen molar-refractivity contribution in [3.05, 3.63) is 28.5 Å². The predicted molar refractivity (Wildman–Crippen MR) is 67.9 cm³/mol. The number of hydrogen-bond donors (Lipinski definition) is 0. The Kier molecular flexibility index (Phi) is 4.12. The Balaban J connectivity index is 2.13. The molecule has 4 nitrogen and oxygen atoms in total. The lowest BCUT2D eigenvalue weighted by atomic mass is 10.3. The zero-order valence-corrected chi connectivity index (χ0v) is 11.3. The number of carbonyl (C=O) groups excluding carboxylic acids is 1. The fraction of sp³-hybridized carbons (Fsp3) is 0.500. The summed E-state index contributed by atoms with van der Waals surface area (Å²) in [5.74, 6) is -0.0166. The molecule has 1 aliphatic carbocycles. The third-order valence-electron chi connectivity index (χ3n) is 2.75. The highest BCUT2D eigenvalue weighted by Gasteiger charge is 2.33. The molecule has 1 heterocycles. The zero-order chi connectivity index (χ0) is 12.3. The van der Waals surface area contributed by atoms with Gasteiger partial charge in [-0.15, -0.1) is 0 Å². The third kappa shape index (κ3) is 3.04. The fourth-order valence-electron chi connectivity index (χ4n) is 1.70. The van der Waals surface area contributed by atoms with Crippen LogP contribution in [0, 0.1) is 0 Å². The van der Waals surface area contributed by atoms with E-state index >= 15 is 0 Å². The van der Waals surface area contributed by atoms with Gasteiger partial charge in [0.15, 0.2) is 0 Å². The molecule has 1 amide bonds. The molecule has 1 aliphatic rings. The van der Waals surface area contributed by atoms with Crippen LogP contribution in [0.3, 0.4) is 0 Å². The molecule has 0 aromatic carbocycles. The van der Waals surface area contributed by atoms with E-state index in [1.54, 1.807) is 19.4 Å². The van der Waals surface area contributed by atoms with Gasteiger partial charge in [0.1, 0.15) is 5.69 Å². The molecule has 0 spiro atoms. The van der Waals surface area contributed by atoms with Crippen LogP contribution >= 0.6 is 15.9 Å². The molecule has 1 saturated carbocycles. The van der Waals surface area contributed by atoms with Crippen LogP contribution in [0.1, 0.15) is 23.3 Å². The summed E-state index contributed by atoms with van der Waals surface area (Å²) in [7, 11) is 1.65. The van der Waals surface area contributed by atoms with Gasteiger partial charge in [-0.3, -0.25) is 4.79 Å². The number of pyridine rings is 1. The lowest BCUT2D eigenvalue weighted by molar-refractivity contribution is 0.0673. The molecule has 0 bridgehead atoms. The summed E-state index contributed by atoms with van der Waals surface area (Å²) in [4.78, 5) is 18.3. The van der Waals surface area contributed by atoms with Crippen LogP contribution in [-0.4, -0.2) is 42.1 Å². The summed E-state index contributed by atoms with van der Waals surface area (Å²) in [6.07, 6.45) is 3.80. The van der Waals surface area contributed by atoms with Gasteiger partial charge in [-0.1, -0.05) is 0 Å². The highest BCUT2D eigenvalue weighted by atomic mass is 79.9. The minimum absolute atomic E-state index is 0.0166. The van der Waals surface area contributed by atoms with E-state index in [2.05, 4.69) is 20.9 Å². The Morgan fingerprint density at radius 1 is 1.65 bits per heavy atom. The van der Waals surface area contributed by atoms with Crippen molar-refractivity contribution >= 4 is 21.8 Å². The summed E-state index contributed by atoms with van der Waals surface area (Å²) in [5, 5.41) is 0. The van der Waals surface area contributed by atoms with Crippen LogP contribution in [0.15, 0.2) is 22.8 Å². The number of halogens is 1. The molecule has 1 aromatic rings. The number of rotatable bonds is 5. The van der Waals surface area contributed by atoms with Gasteiger partial charge in [0.05, 0.1) is 6.61 Å². The number of nitrogens with zero attached hydrogens (tertiary/aromatic N) is 2. The molecule has 5 heteroatoms. The van der Waals surface area contributed by atoms with Crippen LogP contribution < -0.4 is 0 Å². The Hall–Kier alpha value is -0.940. The van der Waals surface area contributed by atoms with Crippen LogP contribution in [0.25, 0.3) is 0 Å². The second-order valence-electron chi connectivity index (χ2n) is 4.06. The van der Waals surface area contributed by atoms with Gasteiger partial charge in [0.25, 0.3) is 5.91 Å². The van der Waals surface area contributed by atoms with Crippen molar-refractivity contribution in [3.8, 4) is 0 Å². The largest absolute Gasteiger partial charge is 0.383 e. The number of carbonyl (C=O) groups is 1. The number of methoxy groups -OCH3 is 1. The van der Waals surface area contributed by atoms with Gasteiger partial charge in [-0.05, 0) is 40.9 Å². The highest BCUT2D eigenvalue weighted by molar-refractivity contribution is 9.10. The molecule has 92 valence electrons. The topological polar surface area (TPSA) is 42.4 Å². The van der Waals surface area contributed by atoms with E-state index < -0.39 is 0 Å². The van der Waals surface area contributed by atoms with Crippen molar-refractivity contribution in [2.75, 3.05) is 20.3 Å². The van der Waals surface area contributed by atoms with Crippen molar-refractivity contribution in [1.82, 2.24) is 9.88 Å². The number of aromatic nitrogens is 1. The number of amides is 1. The van der Waals surface area contributed by atoms with Gasteiger partial charge in [-0.25, -0.2) is 4.98 Å². The van der Waals surface area contributed by atoms with Gasteiger partial charge in [0.2, 0.25) is 0 Å². The second kappa shape index (κ2) is 5.60. The Labute approximate surface area is 109 Å². The summed E-state index contributed by atoms with van der Waals surface area (Å²) in [5.41, 5.74) is 0.482. The Morgan fingerprint density at radius 2 is 2.41 bits per heavy atom. The van der Waals surface area contributed by atoms with Gasteiger partial charge >= 0.3 is 0 Å². The van der Waals surface area contributed by atoms with E-state index in [0.717, 1.165) is 17.3 Å². The molecule has 2 rings (SSSR count). The first-order chi connectivity index (χ1) is 8.24. The summed E-state index contributed by atoms with van der Waals surface area (Å²) in [6, 6.07) is 4.01. The van der Waals surface area contributed by atoms with Gasteiger partial charge < -0.3 is 9.64 Å². The average Bonchev–Trinajstić information content (AvgIpc) is 3.14. The molecule has 0 radical (unpaired) electrons. The maximum absolute atomic E-state index is 12.3. The molecule has 0 saturated heterocycles. The van der Waals surface area contributed by atoms with E-state index in [1.807, 2.05) is 11.0 Å². The van der Waals surface area contributed by atoms with E-state index in [-0.39, 0.29) is 5.91 Å². The van der Waals surface area contributed by atoms with Crippen LogP contribution in [0.2, 0.25) is 0 Å². The second-order valence-corrected chi connectivity index (χ2v) is 4.91. The highest BCUT2D eigenvalue weighted by Crippen LogP contribution is 2.28. The molecular formula is C12H15BrN2O2. The summed E-state index contributed by atoms with van der Waals surface area (Å²) >= 11 is 3.36. The average molecular weight is 299 g/mol. The van der Waals surface area contributed by atoms with E-state index in [0.29, 0.717) is 24.9 Å². The molecule has 0 aliphatic heterocycles. The number of ether oxygens (including phenoxy) is 1. The van der Waals surface area contributed by atoms with E-state index in [1.165, 1.54) is 0 Å². The molecule has 0 unspecified atom stereocenters. The van der Waals surface area contributed by atoms with Crippen molar-refractivity contribution in [2.24, 2.45) is 0 Å². The van der Waals surface area contributed by atoms with Crippen LogP contribution in [0.5, 0.6) is 0 Å². The van der Waals surface area contributed by atoms with Crippen molar-refractivity contribution in [3.63, 3.8) is 0 Å². The maximum Gasteiger partial charge on any atom is 0.273 e. The monoisotopic (exact) mass is 298 g/mol. The molecule has 0 atom stereocenters. The first-order valence-electron chi connectivity index (χ1n) is 5.64. The molecule has 1 fully saturated rings. The maximum atomic E-state index is 12.3. The van der Waals surface area contributed by atoms with Gasteiger partial charge in [0, 0.05) is 30.4 Å². The molecular weight excluding hydrogens is 284 g/mol.